The fraction of sp³-hybridized carbons (Fsp3) is 0.367. The second-order valence-corrected chi connectivity index (χ2v) is 16.2. The van der Waals surface area contributed by atoms with Crippen LogP contribution >= 0.6 is 0 Å². The largest absolute Gasteiger partial charge is 0.298 e. The van der Waals surface area contributed by atoms with Crippen LogP contribution in [0.2, 0.25) is 0 Å². The highest BCUT2D eigenvalue weighted by atomic mass is 32.2. The van der Waals surface area contributed by atoms with Crippen molar-refractivity contribution in [1.29, 1.82) is 0 Å². The topological polar surface area (TPSA) is 85.3 Å². The standard InChI is InChI=1S/C30H26O5S2/c31-28-29(10-19-5-23-14-36(32,33)15-24(23)6-20(19)11-29)9-18-3-1-2-4-27(18)30(28)12-21-7-25-16-37(34,35)17-26(25)8-22(21)13-30/h1-8H,9-17H2. The molecule has 2 spiro atoms. The third-order valence-electron chi connectivity index (χ3n) is 9.57. The summed E-state index contributed by atoms with van der Waals surface area (Å²) in [5.74, 6) is 0.670. The first-order chi connectivity index (χ1) is 17.5. The van der Waals surface area contributed by atoms with Gasteiger partial charge in [0, 0.05) is 5.41 Å². The van der Waals surface area contributed by atoms with Crippen molar-refractivity contribution in [3.63, 3.8) is 0 Å². The maximum Gasteiger partial charge on any atom is 0.158 e. The Bertz CT molecular complexity index is 1730. The fourth-order valence-corrected chi connectivity index (χ4v) is 11.4. The predicted octanol–water partition coefficient (Wildman–Crippen LogP) is 3.49. The first-order valence-corrected chi connectivity index (χ1v) is 16.5. The van der Waals surface area contributed by atoms with E-state index in [2.05, 4.69) is 42.5 Å². The zero-order valence-corrected chi connectivity index (χ0v) is 22.0. The number of benzene rings is 3. The molecule has 3 aliphatic carbocycles. The van der Waals surface area contributed by atoms with Gasteiger partial charge in [0.15, 0.2) is 25.5 Å². The summed E-state index contributed by atoms with van der Waals surface area (Å²) in [6.07, 6.45) is 3.22. The summed E-state index contributed by atoms with van der Waals surface area (Å²) in [5.41, 5.74) is 9.21. The molecule has 3 aromatic carbocycles. The van der Waals surface area contributed by atoms with Gasteiger partial charge in [0.05, 0.1) is 28.4 Å². The minimum absolute atomic E-state index is 0.0901. The zero-order chi connectivity index (χ0) is 25.4. The molecule has 0 atom stereocenters. The highest BCUT2D eigenvalue weighted by molar-refractivity contribution is 7.90. The molecular weight excluding hydrogens is 504 g/mol. The average molecular weight is 531 g/mol. The van der Waals surface area contributed by atoms with E-state index in [0.29, 0.717) is 37.9 Å². The number of Topliss-reactive ketones (excluding diaryl/α,β-unsaturated/α-hetero) is 1. The molecule has 0 amide bonds. The van der Waals surface area contributed by atoms with Crippen LogP contribution in [0, 0.1) is 5.41 Å². The van der Waals surface area contributed by atoms with E-state index in [-0.39, 0.29) is 23.0 Å². The molecule has 2 heterocycles. The van der Waals surface area contributed by atoms with Crippen molar-refractivity contribution in [3.05, 3.63) is 104 Å². The highest BCUT2D eigenvalue weighted by Gasteiger charge is 2.59. The molecule has 0 saturated heterocycles. The van der Waals surface area contributed by atoms with Gasteiger partial charge in [0.1, 0.15) is 0 Å². The number of carbonyl (C=O) groups is 1. The minimum Gasteiger partial charge on any atom is -0.298 e. The van der Waals surface area contributed by atoms with Crippen LogP contribution in [0.1, 0.15) is 55.6 Å². The summed E-state index contributed by atoms with van der Waals surface area (Å²) < 4.78 is 48.9. The Morgan fingerprint density at radius 3 is 1.41 bits per heavy atom. The van der Waals surface area contributed by atoms with Crippen LogP contribution in [0.15, 0.2) is 48.5 Å². The summed E-state index contributed by atoms with van der Waals surface area (Å²) in [6, 6.07) is 16.6. The van der Waals surface area contributed by atoms with Gasteiger partial charge in [0.2, 0.25) is 0 Å². The van der Waals surface area contributed by atoms with Gasteiger partial charge in [-0.25, -0.2) is 16.8 Å². The lowest BCUT2D eigenvalue weighted by Crippen LogP contribution is -2.53. The second kappa shape index (κ2) is 6.80. The minimum atomic E-state index is -3.08. The van der Waals surface area contributed by atoms with Gasteiger partial charge in [-0.2, -0.15) is 0 Å². The summed E-state index contributed by atoms with van der Waals surface area (Å²) >= 11 is 0. The van der Waals surface area contributed by atoms with Crippen molar-refractivity contribution in [2.24, 2.45) is 5.41 Å². The van der Waals surface area contributed by atoms with Gasteiger partial charge in [-0.1, -0.05) is 48.5 Å². The Hall–Kier alpha value is -2.77. The van der Waals surface area contributed by atoms with E-state index in [1.54, 1.807) is 0 Å². The molecule has 0 bridgehead atoms. The lowest BCUT2D eigenvalue weighted by atomic mass is 9.56. The van der Waals surface area contributed by atoms with Crippen molar-refractivity contribution in [1.82, 2.24) is 0 Å². The van der Waals surface area contributed by atoms with Crippen molar-refractivity contribution in [2.45, 2.75) is 60.5 Å². The molecule has 0 N–H and O–H groups in total. The van der Waals surface area contributed by atoms with Crippen molar-refractivity contribution < 1.29 is 21.6 Å². The van der Waals surface area contributed by atoms with Crippen molar-refractivity contribution in [3.8, 4) is 0 Å². The van der Waals surface area contributed by atoms with E-state index in [1.165, 1.54) is 5.56 Å². The average Bonchev–Trinajstić information content (AvgIpc) is 3.52. The molecule has 5 aliphatic rings. The summed E-state index contributed by atoms with van der Waals surface area (Å²) in [6.45, 7) is 0. The number of fused-ring (bicyclic) bond motifs is 6. The molecule has 7 heteroatoms. The number of rotatable bonds is 0. The molecule has 2 aliphatic heterocycles. The molecule has 0 fully saturated rings. The van der Waals surface area contributed by atoms with E-state index < -0.39 is 30.5 Å². The van der Waals surface area contributed by atoms with Crippen LogP contribution < -0.4 is 0 Å². The molecule has 3 aromatic rings. The summed E-state index contributed by atoms with van der Waals surface area (Å²) in [5, 5.41) is 0. The van der Waals surface area contributed by atoms with Gasteiger partial charge in [-0.05, 0) is 87.7 Å². The normalized spacial score (nSPS) is 24.1. The molecule has 0 radical (unpaired) electrons. The molecule has 0 aromatic heterocycles. The second-order valence-electron chi connectivity index (χ2n) is 12.1. The summed E-state index contributed by atoms with van der Waals surface area (Å²) in [4.78, 5) is 14.8. The van der Waals surface area contributed by atoms with Crippen LogP contribution in [0.5, 0.6) is 0 Å². The third kappa shape index (κ3) is 3.04. The summed E-state index contributed by atoms with van der Waals surface area (Å²) in [7, 11) is -6.15. The Morgan fingerprint density at radius 2 is 0.919 bits per heavy atom. The number of ketones is 1. The molecular formula is C30H26O5S2. The number of sulfone groups is 2. The van der Waals surface area contributed by atoms with Crippen LogP contribution in [-0.4, -0.2) is 22.6 Å². The van der Waals surface area contributed by atoms with Gasteiger partial charge in [0.25, 0.3) is 0 Å². The molecule has 37 heavy (non-hydrogen) atoms. The monoisotopic (exact) mass is 530 g/mol. The number of carbonyl (C=O) groups excluding carboxylic acids is 1. The van der Waals surface area contributed by atoms with Crippen LogP contribution in [0.4, 0.5) is 0 Å². The predicted molar refractivity (Wildman–Crippen MR) is 140 cm³/mol. The lowest BCUT2D eigenvalue weighted by molar-refractivity contribution is -0.135. The van der Waals surface area contributed by atoms with Crippen LogP contribution in [0.3, 0.4) is 0 Å². The van der Waals surface area contributed by atoms with Crippen molar-refractivity contribution >= 4 is 25.5 Å². The number of hydrogen-bond donors (Lipinski definition) is 0. The lowest BCUT2D eigenvalue weighted by Gasteiger charge is -2.44. The third-order valence-corrected chi connectivity index (χ3v) is 12.6. The van der Waals surface area contributed by atoms with Crippen molar-refractivity contribution in [2.75, 3.05) is 0 Å². The molecule has 0 saturated carbocycles. The molecule has 8 rings (SSSR count). The Labute approximate surface area is 216 Å². The number of hydrogen-bond acceptors (Lipinski definition) is 5. The van der Waals surface area contributed by atoms with Gasteiger partial charge in [-0.3, -0.25) is 4.79 Å². The maximum atomic E-state index is 14.8. The smallest absolute Gasteiger partial charge is 0.158 e. The first-order valence-electron chi connectivity index (χ1n) is 12.9. The van der Waals surface area contributed by atoms with Gasteiger partial charge < -0.3 is 0 Å². The highest BCUT2D eigenvalue weighted by Crippen LogP contribution is 2.55. The van der Waals surface area contributed by atoms with Gasteiger partial charge >= 0.3 is 0 Å². The molecule has 188 valence electrons. The van der Waals surface area contributed by atoms with E-state index in [4.69, 9.17) is 0 Å². The van der Waals surface area contributed by atoms with Crippen LogP contribution in [-0.2, 0) is 85.0 Å². The quantitative estimate of drug-likeness (QED) is 0.444. The maximum absolute atomic E-state index is 14.8. The van der Waals surface area contributed by atoms with E-state index in [1.807, 2.05) is 6.07 Å². The first kappa shape index (κ1) is 22.2. The fourth-order valence-electron chi connectivity index (χ4n) is 8.19. The van der Waals surface area contributed by atoms with E-state index >= 15 is 0 Å². The van der Waals surface area contributed by atoms with E-state index in [0.717, 1.165) is 50.1 Å². The SMILES string of the molecule is O=C1C2(Cc3cc4c(cc3C2)CS(=O)(=O)C4)Cc2ccccc2C12Cc1cc3c(cc1C2)CS(=O)(=O)C3. The Kier molecular flexibility index (Phi) is 4.09. The Balaban J connectivity index is 1.23. The molecule has 0 unspecified atom stereocenters. The van der Waals surface area contributed by atoms with Gasteiger partial charge in [-0.15, -0.1) is 0 Å². The zero-order valence-electron chi connectivity index (χ0n) is 20.3. The Morgan fingerprint density at radius 1 is 0.514 bits per heavy atom. The molecule has 5 nitrogen and oxygen atoms in total. The van der Waals surface area contributed by atoms with E-state index in [9.17, 15) is 21.6 Å². The van der Waals surface area contributed by atoms with Crippen LogP contribution in [0.25, 0.3) is 0 Å².